The van der Waals surface area contributed by atoms with Crippen molar-refractivity contribution in [2.75, 3.05) is 11.1 Å². The summed E-state index contributed by atoms with van der Waals surface area (Å²) in [4.78, 5) is 34.3. The molecule has 0 aromatic heterocycles. The summed E-state index contributed by atoms with van der Waals surface area (Å²) in [6.45, 7) is 1.40. The Balaban J connectivity index is 2.04. The quantitative estimate of drug-likeness (QED) is 0.339. The largest absolute Gasteiger partial charge is 0.449 e. The molecule has 2 rings (SSSR count). The number of hydrogen-bond donors (Lipinski definition) is 2. The lowest BCUT2D eigenvalue weighted by Gasteiger charge is -2.13. The van der Waals surface area contributed by atoms with Crippen molar-refractivity contribution in [2.45, 2.75) is 13.0 Å². The van der Waals surface area contributed by atoms with Gasteiger partial charge in [0.15, 0.2) is 6.10 Å². The fraction of sp³-hybridized carbons (Fsp3) is 0.125. The zero-order chi connectivity index (χ0) is 18.6. The van der Waals surface area contributed by atoms with Crippen LogP contribution in [0.4, 0.5) is 17.1 Å². The van der Waals surface area contributed by atoms with E-state index in [9.17, 15) is 19.7 Å². The van der Waals surface area contributed by atoms with Gasteiger partial charge in [-0.1, -0.05) is 15.9 Å². The average Bonchev–Trinajstić information content (AvgIpc) is 2.56. The maximum absolute atomic E-state index is 12.1. The van der Waals surface area contributed by atoms with Gasteiger partial charge in [-0.25, -0.2) is 4.79 Å². The highest BCUT2D eigenvalue weighted by atomic mass is 79.9. The van der Waals surface area contributed by atoms with Gasteiger partial charge in [-0.05, 0) is 43.3 Å². The van der Waals surface area contributed by atoms with E-state index in [0.717, 1.165) is 10.5 Å². The van der Waals surface area contributed by atoms with Crippen molar-refractivity contribution in [1.29, 1.82) is 0 Å². The summed E-state index contributed by atoms with van der Waals surface area (Å²) < 4.78 is 5.90. The molecule has 0 radical (unpaired) electrons. The van der Waals surface area contributed by atoms with E-state index in [4.69, 9.17) is 10.5 Å². The van der Waals surface area contributed by atoms with Crippen molar-refractivity contribution in [1.82, 2.24) is 0 Å². The normalized spacial score (nSPS) is 11.4. The van der Waals surface area contributed by atoms with Gasteiger partial charge < -0.3 is 15.8 Å². The molecule has 0 bridgehead atoms. The summed E-state index contributed by atoms with van der Waals surface area (Å²) in [5.74, 6) is -1.39. The zero-order valence-corrected chi connectivity index (χ0v) is 14.6. The first-order chi connectivity index (χ1) is 11.8. The molecule has 25 heavy (non-hydrogen) atoms. The number of benzene rings is 2. The molecule has 2 aromatic carbocycles. The predicted molar refractivity (Wildman–Crippen MR) is 95.2 cm³/mol. The summed E-state index contributed by atoms with van der Waals surface area (Å²) in [7, 11) is 0. The van der Waals surface area contributed by atoms with Gasteiger partial charge in [-0.3, -0.25) is 14.9 Å². The number of hydrogen-bond acceptors (Lipinski definition) is 6. The van der Waals surface area contributed by atoms with Crippen LogP contribution in [0.1, 0.15) is 17.3 Å². The van der Waals surface area contributed by atoms with Crippen molar-refractivity contribution < 1.29 is 19.2 Å². The van der Waals surface area contributed by atoms with Crippen LogP contribution in [0.25, 0.3) is 0 Å². The van der Waals surface area contributed by atoms with Crippen molar-refractivity contribution >= 4 is 44.9 Å². The molecule has 0 fully saturated rings. The maximum atomic E-state index is 12.1. The Morgan fingerprint density at radius 1 is 1.24 bits per heavy atom. The van der Waals surface area contributed by atoms with E-state index in [1.807, 2.05) is 0 Å². The van der Waals surface area contributed by atoms with Crippen LogP contribution in [0.5, 0.6) is 0 Å². The number of nitrogens with one attached hydrogen (secondary N) is 1. The van der Waals surface area contributed by atoms with Crippen LogP contribution in [-0.4, -0.2) is 22.9 Å². The Morgan fingerprint density at radius 3 is 2.48 bits per heavy atom. The maximum Gasteiger partial charge on any atom is 0.339 e. The molecule has 1 atom stereocenters. The third-order valence-corrected chi connectivity index (χ3v) is 3.76. The monoisotopic (exact) mass is 407 g/mol. The van der Waals surface area contributed by atoms with Gasteiger partial charge in [-0.2, -0.15) is 0 Å². The Morgan fingerprint density at radius 2 is 1.88 bits per heavy atom. The number of nitro benzene ring substituents is 1. The highest BCUT2D eigenvalue weighted by Crippen LogP contribution is 2.23. The van der Waals surface area contributed by atoms with Crippen LogP contribution in [-0.2, 0) is 9.53 Å². The fourth-order valence-corrected chi connectivity index (χ4v) is 2.15. The smallest absolute Gasteiger partial charge is 0.339 e. The SMILES string of the molecule is C[C@H](OC(=O)c1ccc(N)c([N+](=O)[O-])c1)C(=O)Nc1ccc(Br)cc1. The molecule has 0 aliphatic carbocycles. The summed E-state index contributed by atoms with van der Waals surface area (Å²) in [6, 6.07) is 10.4. The number of anilines is 2. The van der Waals surface area contributed by atoms with Crippen LogP contribution in [0.15, 0.2) is 46.9 Å². The molecule has 8 nitrogen and oxygen atoms in total. The highest BCUT2D eigenvalue weighted by molar-refractivity contribution is 9.10. The van der Waals surface area contributed by atoms with E-state index in [1.54, 1.807) is 24.3 Å². The third-order valence-electron chi connectivity index (χ3n) is 3.23. The van der Waals surface area contributed by atoms with Crippen molar-refractivity contribution in [3.63, 3.8) is 0 Å². The molecule has 0 saturated carbocycles. The molecule has 0 aliphatic rings. The van der Waals surface area contributed by atoms with Crippen LogP contribution >= 0.6 is 15.9 Å². The minimum absolute atomic E-state index is 0.0656. The Bertz CT molecular complexity index is 823. The van der Waals surface area contributed by atoms with Gasteiger partial charge in [0.2, 0.25) is 0 Å². The third kappa shape index (κ3) is 4.77. The minimum atomic E-state index is -1.09. The molecule has 0 heterocycles. The Labute approximate surface area is 151 Å². The highest BCUT2D eigenvalue weighted by Gasteiger charge is 2.21. The first-order valence-electron chi connectivity index (χ1n) is 7.09. The number of esters is 1. The Kier molecular flexibility index (Phi) is 5.71. The molecule has 0 aliphatic heterocycles. The first kappa shape index (κ1) is 18.4. The van der Waals surface area contributed by atoms with Crippen LogP contribution in [0.2, 0.25) is 0 Å². The molecule has 2 aromatic rings. The van der Waals surface area contributed by atoms with E-state index in [-0.39, 0.29) is 11.3 Å². The molecule has 130 valence electrons. The molecule has 3 N–H and O–H groups in total. The number of amides is 1. The van der Waals surface area contributed by atoms with E-state index in [1.165, 1.54) is 19.1 Å². The number of carbonyl (C=O) groups excluding carboxylic acids is 2. The van der Waals surface area contributed by atoms with Gasteiger partial charge in [0.25, 0.3) is 11.6 Å². The van der Waals surface area contributed by atoms with Gasteiger partial charge in [0.05, 0.1) is 10.5 Å². The molecule has 0 saturated heterocycles. The topological polar surface area (TPSA) is 125 Å². The molecule has 1 amide bonds. The first-order valence-corrected chi connectivity index (χ1v) is 7.88. The van der Waals surface area contributed by atoms with Crippen molar-refractivity contribution in [3.8, 4) is 0 Å². The molecular weight excluding hydrogens is 394 g/mol. The van der Waals surface area contributed by atoms with Crippen molar-refractivity contribution in [3.05, 3.63) is 62.6 Å². The van der Waals surface area contributed by atoms with E-state index < -0.39 is 28.6 Å². The number of rotatable bonds is 5. The van der Waals surface area contributed by atoms with Crippen molar-refractivity contribution in [2.24, 2.45) is 0 Å². The Hall–Kier alpha value is -2.94. The number of nitrogens with zero attached hydrogens (tertiary/aromatic N) is 1. The number of ether oxygens (including phenoxy) is 1. The molecule has 0 spiro atoms. The van der Waals surface area contributed by atoms with Gasteiger partial charge >= 0.3 is 5.97 Å². The lowest BCUT2D eigenvalue weighted by atomic mass is 10.2. The van der Waals surface area contributed by atoms with Gasteiger partial charge in [0.1, 0.15) is 5.69 Å². The summed E-state index contributed by atoms with van der Waals surface area (Å²) in [5, 5.41) is 13.5. The number of carbonyl (C=O) groups is 2. The number of halogens is 1. The predicted octanol–water partition coefficient (Wildman–Crippen LogP) is 3.12. The summed E-state index contributed by atoms with van der Waals surface area (Å²) in [6.07, 6.45) is -1.09. The van der Waals surface area contributed by atoms with E-state index in [2.05, 4.69) is 21.2 Å². The zero-order valence-electron chi connectivity index (χ0n) is 13.1. The fourth-order valence-electron chi connectivity index (χ4n) is 1.89. The minimum Gasteiger partial charge on any atom is -0.449 e. The second-order valence-corrected chi connectivity index (χ2v) is 5.99. The molecule has 9 heteroatoms. The summed E-state index contributed by atoms with van der Waals surface area (Å²) in [5.41, 5.74) is 5.48. The van der Waals surface area contributed by atoms with Gasteiger partial charge in [-0.15, -0.1) is 0 Å². The molecule has 0 unspecified atom stereocenters. The average molecular weight is 408 g/mol. The number of nitrogens with two attached hydrogens (primary N) is 1. The lowest BCUT2D eigenvalue weighted by molar-refractivity contribution is -0.383. The van der Waals surface area contributed by atoms with E-state index in [0.29, 0.717) is 5.69 Å². The van der Waals surface area contributed by atoms with Crippen LogP contribution in [0, 0.1) is 10.1 Å². The van der Waals surface area contributed by atoms with E-state index >= 15 is 0 Å². The number of nitrogen functional groups attached to an aromatic ring is 1. The van der Waals surface area contributed by atoms with Crippen LogP contribution < -0.4 is 11.1 Å². The second kappa shape index (κ2) is 7.75. The number of nitro groups is 1. The summed E-state index contributed by atoms with van der Waals surface area (Å²) >= 11 is 3.28. The lowest BCUT2D eigenvalue weighted by Crippen LogP contribution is -2.30. The second-order valence-electron chi connectivity index (χ2n) is 5.07. The van der Waals surface area contributed by atoms with Crippen LogP contribution in [0.3, 0.4) is 0 Å². The molecular formula is C16H14BrN3O5. The van der Waals surface area contributed by atoms with Gasteiger partial charge in [0, 0.05) is 16.2 Å². The standard InChI is InChI=1S/C16H14BrN3O5/c1-9(15(21)19-12-5-3-11(17)4-6-12)25-16(22)10-2-7-13(18)14(8-10)20(23)24/h2-9H,18H2,1H3,(H,19,21)/t9-/m0/s1.